The Hall–Kier alpha value is -3.00. The van der Waals surface area contributed by atoms with Crippen molar-refractivity contribution in [3.8, 4) is 10.6 Å². The predicted octanol–water partition coefficient (Wildman–Crippen LogP) is 5.61. The van der Waals surface area contributed by atoms with Crippen LogP contribution < -0.4 is 4.90 Å². The lowest BCUT2D eigenvalue weighted by atomic mass is 10.1. The highest BCUT2D eigenvalue weighted by Crippen LogP contribution is 2.31. The van der Waals surface area contributed by atoms with Crippen LogP contribution in [-0.4, -0.2) is 40.3 Å². The number of nitrogens with zero attached hydrogens (tertiary/aromatic N) is 3. The number of thiazole rings is 1. The summed E-state index contributed by atoms with van der Waals surface area (Å²) in [5, 5.41) is 0.813. The van der Waals surface area contributed by atoms with Gasteiger partial charge in [0.05, 0.1) is 16.6 Å². The molecule has 0 radical (unpaired) electrons. The fourth-order valence-corrected chi connectivity index (χ4v) is 3.90. The van der Waals surface area contributed by atoms with Crippen molar-refractivity contribution in [2.45, 2.75) is 59.2 Å². The van der Waals surface area contributed by atoms with Crippen molar-refractivity contribution < 1.29 is 19.1 Å². The molecule has 7 nitrogen and oxygen atoms in total. The molecule has 0 aliphatic heterocycles. The number of rotatable bonds is 4. The number of hydrogen-bond acceptors (Lipinski definition) is 7. The first kappa shape index (κ1) is 23.7. The lowest BCUT2D eigenvalue weighted by Crippen LogP contribution is -2.34. The topological polar surface area (TPSA) is 81.6 Å². The van der Waals surface area contributed by atoms with Crippen LogP contribution >= 0.6 is 11.3 Å². The van der Waals surface area contributed by atoms with Crippen molar-refractivity contribution in [3.63, 3.8) is 0 Å². The summed E-state index contributed by atoms with van der Waals surface area (Å²) < 4.78 is 11.8. The number of esters is 1. The highest BCUT2D eigenvalue weighted by Gasteiger charge is 2.21. The van der Waals surface area contributed by atoms with Gasteiger partial charge in [-0.3, -0.25) is 9.69 Å². The van der Waals surface area contributed by atoms with Crippen molar-refractivity contribution in [1.29, 1.82) is 0 Å². The Labute approximate surface area is 192 Å². The Morgan fingerprint density at radius 1 is 1.00 bits per heavy atom. The van der Waals surface area contributed by atoms with Crippen molar-refractivity contribution in [1.82, 2.24) is 9.97 Å². The molecule has 0 saturated carbocycles. The smallest absolute Gasteiger partial charge is 0.415 e. The number of anilines is 1. The average Bonchev–Trinajstić information content (AvgIpc) is 3.08. The van der Waals surface area contributed by atoms with Crippen LogP contribution in [0, 0.1) is 0 Å². The van der Waals surface area contributed by atoms with Gasteiger partial charge in [0.25, 0.3) is 0 Å². The number of hydrogen-bond donors (Lipinski definition) is 0. The number of carbonyl (C=O) groups is 2. The molecule has 0 aliphatic carbocycles. The Kier molecular flexibility index (Phi) is 6.55. The number of ether oxygens (including phenoxy) is 2. The van der Waals surface area contributed by atoms with Gasteiger partial charge in [0.2, 0.25) is 0 Å². The molecule has 3 rings (SSSR count). The average molecular weight is 456 g/mol. The number of pyridine rings is 1. The summed E-state index contributed by atoms with van der Waals surface area (Å²) in [5.41, 5.74) is 1.51. The molecule has 0 fully saturated rings. The van der Waals surface area contributed by atoms with E-state index in [1.54, 1.807) is 19.3 Å². The van der Waals surface area contributed by atoms with Crippen LogP contribution in [0.3, 0.4) is 0 Å². The maximum atomic E-state index is 12.2. The minimum absolute atomic E-state index is 0.216. The van der Waals surface area contributed by atoms with Crippen molar-refractivity contribution >= 4 is 39.4 Å². The summed E-state index contributed by atoms with van der Waals surface area (Å²) >= 11 is 1.52. The molecular formula is C24H29N3O4S. The summed E-state index contributed by atoms with van der Waals surface area (Å²) in [6.07, 6.45) is 1.44. The molecule has 8 heteroatoms. The summed E-state index contributed by atoms with van der Waals surface area (Å²) in [5.74, 6) is 0.235. The van der Waals surface area contributed by atoms with E-state index in [1.165, 1.54) is 16.2 Å². The van der Waals surface area contributed by atoms with Crippen molar-refractivity contribution in [2.75, 3.05) is 11.9 Å². The van der Waals surface area contributed by atoms with Crippen LogP contribution in [0.2, 0.25) is 0 Å². The fourth-order valence-electron chi connectivity index (χ4n) is 2.88. The molecule has 3 aromatic rings. The number of fused-ring (bicyclic) bond motifs is 1. The Balaban J connectivity index is 1.75. The van der Waals surface area contributed by atoms with Crippen LogP contribution in [0.1, 0.15) is 47.1 Å². The molecule has 0 aliphatic rings. The zero-order chi connectivity index (χ0) is 23.7. The van der Waals surface area contributed by atoms with Gasteiger partial charge in [0.15, 0.2) is 0 Å². The van der Waals surface area contributed by atoms with Crippen molar-refractivity contribution in [3.05, 3.63) is 42.1 Å². The van der Waals surface area contributed by atoms with Gasteiger partial charge in [0.1, 0.15) is 22.0 Å². The van der Waals surface area contributed by atoms with E-state index in [0.29, 0.717) is 5.82 Å². The molecule has 2 heterocycles. The minimum atomic E-state index is -0.575. The van der Waals surface area contributed by atoms with Crippen LogP contribution in [0.5, 0.6) is 0 Å². The second-order valence-electron chi connectivity index (χ2n) is 9.53. The Bertz CT molecular complexity index is 1120. The van der Waals surface area contributed by atoms with Crippen LogP contribution in [0.25, 0.3) is 20.8 Å². The van der Waals surface area contributed by atoms with Gasteiger partial charge >= 0.3 is 12.1 Å². The van der Waals surface area contributed by atoms with Gasteiger partial charge in [-0.25, -0.2) is 14.8 Å². The summed E-state index contributed by atoms with van der Waals surface area (Å²) in [7, 11) is 1.62. The van der Waals surface area contributed by atoms with E-state index in [1.807, 2.05) is 65.8 Å². The Morgan fingerprint density at radius 3 is 2.28 bits per heavy atom. The molecule has 1 amide bonds. The molecular weight excluding hydrogens is 426 g/mol. The molecule has 32 heavy (non-hydrogen) atoms. The lowest BCUT2D eigenvalue weighted by Gasteiger charge is -2.24. The third-order valence-corrected chi connectivity index (χ3v) is 5.29. The Morgan fingerprint density at radius 2 is 1.69 bits per heavy atom. The van der Waals surface area contributed by atoms with Gasteiger partial charge in [-0.1, -0.05) is 6.07 Å². The van der Waals surface area contributed by atoms with Gasteiger partial charge in [-0.05, 0) is 71.4 Å². The van der Waals surface area contributed by atoms with Gasteiger partial charge < -0.3 is 9.47 Å². The quantitative estimate of drug-likeness (QED) is 0.475. The van der Waals surface area contributed by atoms with E-state index in [2.05, 4.69) is 9.97 Å². The van der Waals surface area contributed by atoms with Gasteiger partial charge in [0, 0.05) is 18.8 Å². The summed E-state index contributed by atoms with van der Waals surface area (Å²) in [6.45, 7) is 11.0. The zero-order valence-corrected chi connectivity index (χ0v) is 20.4. The largest absolute Gasteiger partial charge is 0.460 e. The zero-order valence-electron chi connectivity index (χ0n) is 19.6. The first-order valence-electron chi connectivity index (χ1n) is 10.4. The van der Waals surface area contributed by atoms with E-state index in [4.69, 9.17) is 9.47 Å². The molecule has 0 bridgehead atoms. The third kappa shape index (κ3) is 6.26. The van der Waals surface area contributed by atoms with E-state index in [-0.39, 0.29) is 12.4 Å². The number of carbonyl (C=O) groups excluding carboxylic acids is 2. The van der Waals surface area contributed by atoms with Crippen molar-refractivity contribution in [2.24, 2.45) is 0 Å². The summed E-state index contributed by atoms with van der Waals surface area (Å²) in [6, 6.07) is 9.42. The fraction of sp³-hybridized carbons (Fsp3) is 0.417. The highest BCUT2D eigenvalue weighted by molar-refractivity contribution is 7.21. The molecule has 1 aromatic carbocycles. The number of benzene rings is 1. The maximum Gasteiger partial charge on any atom is 0.415 e. The minimum Gasteiger partial charge on any atom is -0.460 e. The molecule has 0 N–H and O–H groups in total. The monoisotopic (exact) mass is 455 g/mol. The second kappa shape index (κ2) is 8.86. The number of amides is 1. The highest BCUT2D eigenvalue weighted by atomic mass is 32.1. The summed E-state index contributed by atoms with van der Waals surface area (Å²) in [4.78, 5) is 34.8. The van der Waals surface area contributed by atoms with Crippen LogP contribution in [-0.2, 0) is 20.7 Å². The molecule has 0 atom stereocenters. The third-order valence-electron chi connectivity index (χ3n) is 4.23. The molecule has 0 spiro atoms. The van der Waals surface area contributed by atoms with Gasteiger partial charge in [-0.2, -0.15) is 0 Å². The number of aromatic nitrogens is 2. The lowest BCUT2D eigenvalue weighted by molar-refractivity contribution is -0.153. The second-order valence-corrected chi connectivity index (χ2v) is 10.6. The van der Waals surface area contributed by atoms with Crippen LogP contribution in [0.15, 0.2) is 36.5 Å². The van der Waals surface area contributed by atoms with E-state index in [0.717, 1.165) is 26.4 Å². The molecule has 0 unspecified atom stereocenters. The van der Waals surface area contributed by atoms with E-state index < -0.39 is 17.3 Å². The van der Waals surface area contributed by atoms with E-state index in [9.17, 15) is 9.59 Å². The first-order chi connectivity index (χ1) is 14.8. The normalized spacial score (nSPS) is 12.0. The molecule has 170 valence electrons. The standard InChI is InChI=1S/C24H29N3O4S/c1-23(2,3)30-20(28)13-15-8-10-17-18(12-15)32-21(26-17)16-9-11-19(25-14-16)27(7)22(29)31-24(4,5)6/h8-12,14H,13H2,1-7H3. The van der Waals surface area contributed by atoms with Crippen LogP contribution in [0.4, 0.5) is 10.6 Å². The van der Waals surface area contributed by atoms with Gasteiger partial charge in [-0.15, -0.1) is 11.3 Å². The SMILES string of the molecule is CN(C(=O)OC(C)(C)C)c1ccc(-c2nc3ccc(CC(=O)OC(C)(C)C)cc3s2)cn1. The van der Waals surface area contributed by atoms with E-state index >= 15 is 0 Å². The predicted molar refractivity (Wildman–Crippen MR) is 127 cm³/mol. The first-order valence-corrected chi connectivity index (χ1v) is 11.2. The molecule has 2 aromatic heterocycles. The maximum absolute atomic E-state index is 12.2. The molecule has 0 saturated heterocycles.